The quantitative estimate of drug-likeness (QED) is 0.762. The molecule has 1 heterocycles. The number of aromatic nitrogens is 2. The molecule has 18 heavy (non-hydrogen) atoms. The zero-order chi connectivity index (χ0) is 13.3. The van der Waals surface area contributed by atoms with Gasteiger partial charge in [-0.25, -0.2) is 4.39 Å². The van der Waals surface area contributed by atoms with E-state index >= 15 is 0 Å². The summed E-state index contributed by atoms with van der Waals surface area (Å²) in [5, 5.41) is 0.132. The Balaban J connectivity index is 2.53. The number of nitrogens with one attached hydrogen (secondary N) is 1. The van der Waals surface area contributed by atoms with Crippen molar-refractivity contribution < 1.29 is 4.39 Å². The molecule has 0 bridgehead atoms. The zero-order valence-corrected chi connectivity index (χ0v) is 12.0. The van der Waals surface area contributed by atoms with Gasteiger partial charge in [-0.2, -0.15) is 0 Å². The van der Waals surface area contributed by atoms with Gasteiger partial charge in [0.25, 0.3) is 0 Å². The number of hydrogen-bond acceptors (Lipinski definition) is 1. The SMILES string of the molecule is CCCCC(C)n1c(=S)[nH]c2cc(F)c(Cl)cc21. The minimum atomic E-state index is -0.422. The number of aromatic amines is 1. The lowest BCUT2D eigenvalue weighted by Crippen LogP contribution is -2.05. The first-order valence-electron chi connectivity index (χ1n) is 6.13. The summed E-state index contributed by atoms with van der Waals surface area (Å²) in [6.07, 6.45) is 3.34. The topological polar surface area (TPSA) is 20.7 Å². The van der Waals surface area contributed by atoms with Crippen LogP contribution in [0.5, 0.6) is 0 Å². The van der Waals surface area contributed by atoms with E-state index in [1.54, 1.807) is 6.07 Å². The van der Waals surface area contributed by atoms with Gasteiger partial charge in [-0.3, -0.25) is 0 Å². The monoisotopic (exact) mass is 286 g/mol. The van der Waals surface area contributed by atoms with E-state index < -0.39 is 5.82 Å². The molecule has 2 aromatic rings. The van der Waals surface area contributed by atoms with Gasteiger partial charge in [0.1, 0.15) is 5.82 Å². The molecular weight excluding hydrogens is 271 g/mol. The summed E-state index contributed by atoms with van der Waals surface area (Å²) in [7, 11) is 0. The lowest BCUT2D eigenvalue weighted by Gasteiger charge is -2.14. The molecule has 0 aliphatic rings. The lowest BCUT2D eigenvalue weighted by atomic mass is 10.1. The average molecular weight is 287 g/mol. The maximum atomic E-state index is 13.4. The third-order valence-corrected chi connectivity index (χ3v) is 3.76. The van der Waals surface area contributed by atoms with Gasteiger partial charge in [0.2, 0.25) is 0 Å². The zero-order valence-electron chi connectivity index (χ0n) is 10.5. The summed E-state index contributed by atoms with van der Waals surface area (Å²) in [6.45, 7) is 4.28. The summed E-state index contributed by atoms with van der Waals surface area (Å²) in [4.78, 5) is 3.03. The number of unbranched alkanes of at least 4 members (excludes halogenated alkanes) is 1. The van der Waals surface area contributed by atoms with Crippen molar-refractivity contribution in [1.29, 1.82) is 0 Å². The smallest absolute Gasteiger partial charge is 0.178 e. The van der Waals surface area contributed by atoms with Crippen molar-refractivity contribution in [3.05, 3.63) is 27.7 Å². The molecule has 5 heteroatoms. The van der Waals surface area contributed by atoms with Gasteiger partial charge in [0.05, 0.1) is 16.1 Å². The number of halogens is 2. The Morgan fingerprint density at radius 1 is 1.50 bits per heavy atom. The van der Waals surface area contributed by atoms with E-state index in [0.717, 1.165) is 24.8 Å². The minimum Gasteiger partial charge on any atom is -0.330 e. The van der Waals surface area contributed by atoms with E-state index in [4.69, 9.17) is 23.8 Å². The fourth-order valence-electron chi connectivity index (χ4n) is 2.19. The Morgan fingerprint density at radius 2 is 2.22 bits per heavy atom. The second-order valence-corrected chi connectivity index (χ2v) is 5.37. The van der Waals surface area contributed by atoms with Crippen molar-refractivity contribution in [2.24, 2.45) is 0 Å². The summed E-state index contributed by atoms with van der Waals surface area (Å²) in [5.74, 6) is -0.422. The van der Waals surface area contributed by atoms with Gasteiger partial charge in [0, 0.05) is 12.1 Å². The highest BCUT2D eigenvalue weighted by Gasteiger charge is 2.13. The van der Waals surface area contributed by atoms with Gasteiger partial charge >= 0.3 is 0 Å². The molecule has 0 radical (unpaired) electrons. The average Bonchev–Trinajstić information content (AvgIpc) is 2.62. The van der Waals surface area contributed by atoms with Crippen LogP contribution in [0.15, 0.2) is 12.1 Å². The molecule has 0 aliphatic heterocycles. The van der Waals surface area contributed by atoms with Gasteiger partial charge in [-0.1, -0.05) is 31.4 Å². The van der Waals surface area contributed by atoms with Crippen molar-refractivity contribution in [2.75, 3.05) is 0 Å². The van der Waals surface area contributed by atoms with Crippen molar-refractivity contribution in [2.45, 2.75) is 39.2 Å². The molecule has 0 aliphatic carbocycles. The molecule has 0 saturated heterocycles. The maximum absolute atomic E-state index is 13.4. The number of rotatable bonds is 4. The lowest BCUT2D eigenvalue weighted by molar-refractivity contribution is 0.491. The Kier molecular flexibility index (Phi) is 4.07. The molecule has 2 nitrogen and oxygen atoms in total. The molecule has 98 valence electrons. The molecule has 0 saturated carbocycles. The van der Waals surface area contributed by atoms with Gasteiger partial charge in [-0.15, -0.1) is 0 Å². The Labute approximate surface area is 116 Å². The van der Waals surface area contributed by atoms with Crippen LogP contribution in [-0.2, 0) is 0 Å². The first kappa shape index (κ1) is 13.6. The van der Waals surface area contributed by atoms with Crippen molar-refractivity contribution in [3.8, 4) is 0 Å². The van der Waals surface area contributed by atoms with E-state index in [1.807, 2.05) is 4.57 Å². The van der Waals surface area contributed by atoms with Crippen LogP contribution in [0.1, 0.15) is 39.2 Å². The normalized spacial score (nSPS) is 13.1. The molecule has 0 spiro atoms. The predicted molar refractivity (Wildman–Crippen MR) is 76.3 cm³/mol. The van der Waals surface area contributed by atoms with Crippen molar-refractivity contribution in [3.63, 3.8) is 0 Å². The fourth-order valence-corrected chi connectivity index (χ4v) is 2.73. The summed E-state index contributed by atoms with van der Waals surface area (Å²) < 4.78 is 16.0. The molecule has 1 N–H and O–H groups in total. The number of fused-ring (bicyclic) bond motifs is 1. The number of H-pyrrole nitrogens is 1. The van der Waals surface area contributed by atoms with E-state index in [0.29, 0.717) is 10.3 Å². The Hall–Kier alpha value is -0.870. The summed E-state index contributed by atoms with van der Waals surface area (Å²) >= 11 is 11.1. The molecule has 1 unspecified atom stereocenters. The predicted octanol–water partition coefficient (Wildman–Crippen LogP) is 5.24. The second-order valence-electron chi connectivity index (χ2n) is 4.57. The molecular formula is C13H16ClFN2S. The molecule has 1 atom stereocenters. The van der Waals surface area contributed by atoms with Gasteiger partial charge < -0.3 is 9.55 Å². The van der Waals surface area contributed by atoms with E-state index in [-0.39, 0.29) is 11.1 Å². The van der Waals surface area contributed by atoms with Crippen LogP contribution in [0.4, 0.5) is 4.39 Å². The van der Waals surface area contributed by atoms with Crippen LogP contribution in [0.3, 0.4) is 0 Å². The second kappa shape index (κ2) is 5.41. The highest BCUT2D eigenvalue weighted by Crippen LogP contribution is 2.26. The fraction of sp³-hybridized carbons (Fsp3) is 0.462. The van der Waals surface area contributed by atoms with Crippen LogP contribution >= 0.6 is 23.8 Å². The Bertz CT molecular complexity index is 617. The first-order chi connectivity index (χ1) is 8.54. The van der Waals surface area contributed by atoms with E-state index in [1.165, 1.54) is 6.07 Å². The van der Waals surface area contributed by atoms with E-state index in [2.05, 4.69) is 18.8 Å². The molecule has 0 amide bonds. The van der Waals surface area contributed by atoms with Crippen LogP contribution < -0.4 is 0 Å². The molecule has 0 fully saturated rings. The van der Waals surface area contributed by atoms with Crippen LogP contribution in [0.2, 0.25) is 5.02 Å². The Morgan fingerprint density at radius 3 is 2.89 bits per heavy atom. The maximum Gasteiger partial charge on any atom is 0.178 e. The van der Waals surface area contributed by atoms with Crippen molar-refractivity contribution >= 4 is 34.9 Å². The molecule has 1 aromatic carbocycles. The largest absolute Gasteiger partial charge is 0.330 e. The number of benzene rings is 1. The highest BCUT2D eigenvalue weighted by atomic mass is 35.5. The first-order valence-corrected chi connectivity index (χ1v) is 6.92. The summed E-state index contributed by atoms with van der Waals surface area (Å²) in [5.41, 5.74) is 1.57. The van der Waals surface area contributed by atoms with Crippen LogP contribution in [0, 0.1) is 10.6 Å². The highest BCUT2D eigenvalue weighted by molar-refractivity contribution is 7.71. The van der Waals surface area contributed by atoms with Gasteiger partial charge in [-0.05, 0) is 31.6 Å². The molecule has 1 aromatic heterocycles. The summed E-state index contributed by atoms with van der Waals surface area (Å²) in [6, 6.07) is 3.32. The third-order valence-electron chi connectivity index (χ3n) is 3.17. The molecule has 2 rings (SSSR count). The van der Waals surface area contributed by atoms with E-state index in [9.17, 15) is 4.39 Å². The minimum absolute atomic E-state index is 0.132. The van der Waals surface area contributed by atoms with Crippen LogP contribution in [-0.4, -0.2) is 9.55 Å². The van der Waals surface area contributed by atoms with Gasteiger partial charge in [0.15, 0.2) is 4.77 Å². The standard InChI is InChI=1S/C13H16ClFN2S/c1-3-4-5-8(2)17-12-6-9(14)10(15)7-11(12)16-13(17)18/h6-8H,3-5H2,1-2H3,(H,16,18). The number of nitrogens with zero attached hydrogens (tertiary/aromatic N) is 1. The third kappa shape index (κ3) is 2.45. The van der Waals surface area contributed by atoms with Crippen LogP contribution in [0.25, 0.3) is 11.0 Å². The number of imidazole rings is 1. The number of hydrogen-bond donors (Lipinski definition) is 1. The van der Waals surface area contributed by atoms with Crippen molar-refractivity contribution in [1.82, 2.24) is 9.55 Å².